The molecule has 0 saturated carbocycles. The lowest BCUT2D eigenvalue weighted by Gasteiger charge is -2.35. The standard InChI is InChI=1S/C21H19F3N4O3S/c1-20(2,31)12-6-15-16(32-19(27-15)28-8-11(9-28)10-29)7-14(12)26-18(30)13-4-3-5-17(25-13)21(22,23)24/h3-7,10-11,31H,8-9H2,1-2H3,(H,26,30). The van der Waals surface area contributed by atoms with Crippen LogP contribution in [0.3, 0.4) is 0 Å². The Bertz CT molecular complexity index is 1200. The van der Waals surface area contributed by atoms with Gasteiger partial charge >= 0.3 is 6.18 Å². The summed E-state index contributed by atoms with van der Waals surface area (Å²) in [6.07, 6.45) is -3.77. The molecule has 0 atom stereocenters. The SMILES string of the molecule is CC(C)(O)c1cc2nc(N3CC(C=O)C3)sc2cc1NC(=O)c1cccc(C(F)(F)F)n1. The molecule has 3 heterocycles. The number of nitrogens with zero attached hydrogens (tertiary/aromatic N) is 3. The van der Waals surface area contributed by atoms with Crippen LogP contribution in [0.5, 0.6) is 0 Å². The first-order chi connectivity index (χ1) is 15.0. The van der Waals surface area contributed by atoms with Gasteiger partial charge in [0.05, 0.1) is 15.8 Å². The minimum Gasteiger partial charge on any atom is -0.386 e. The van der Waals surface area contributed by atoms with E-state index >= 15 is 0 Å². The van der Waals surface area contributed by atoms with E-state index in [1.54, 1.807) is 12.1 Å². The number of carbonyl (C=O) groups is 2. The van der Waals surface area contributed by atoms with Crippen molar-refractivity contribution < 1.29 is 27.9 Å². The van der Waals surface area contributed by atoms with E-state index in [9.17, 15) is 27.9 Å². The highest BCUT2D eigenvalue weighted by Crippen LogP contribution is 2.38. The third-order valence-electron chi connectivity index (χ3n) is 5.07. The molecule has 2 N–H and O–H groups in total. The highest BCUT2D eigenvalue weighted by atomic mass is 32.1. The summed E-state index contributed by atoms with van der Waals surface area (Å²) >= 11 is 1.36. The number of halogens is 3. The van der Waals surface area contributed by atoms with Crippen LogP contribution in [-0.2, 0) is 16.6 Å². The van der Waals surface area contributed by atoms with Gasteiger partial charge in [0.25, 0.3) is 5.91 Å². The first-order valence-corrected chi connectivity index (χ1v) is 10.5. The number of carbonyl (C=O) groups excluding carboxylic acids is 2. The van der Waals surface area contributed by atoms with Crippen molar-refractivity contribution in [1.82, 2.24) is 9.97 Å². The van der Waals surface area contributed by atoms with E-state index in [1.165, 1.54) is 31.3 Å². The van der Waals surface area contributed by atoms with Crippen LogP contribution in [0.1, 0.15) is 35.6 Å². The van der Waals surface area contributed by atoms with E-state index < -0.39 is 29.1 Å². The lowest BCUT2D eigenvalue weighted by atomic mass is 9.96. The van der Waals surface area contributed by atoms with Gasteiger partial charge < -0.3 is 20.1 Å². The van der Waals surface area contributed by atoms with E-state index in [0.29, 0.717) is 29.3 Å². The van der Waals surface area contributed by atoms with Crippen LogP contribution in [0.4, 0.5) is 24.0 Å². The smallest absolute Gasteiger partial charge is 0.386 e. The minimum atomic E-state index is -4.67. The maximum absolute atomic E-state index is 12.9. The number of fused-ring (bicyclic) bond motifs is 1. The van der Waals surface area contributed by atoms with Gasteiger partial charge in [0.1, 0.15) is 17.7 Å². The van der Waals surface area contributed by atoms with E-state index in [0.717, 1.165) is 23.1 Å². The first-order valence-electron chi connectivity index (χ1n) is 9.69. The minimum absolute atomic E-state index is 0.0243. The van der Waals surface area contributed by atoms with E-state index in [2.05, 4.69) is 15.3 Å². The number of hydrogen-bond donors (Lipinski definition) is 2. The molecule has 3 aromatic rings. The number of rotatable bonds is 5. The molecular formula is C21H19F3N4O3S. The van der Waals surface area contributed by atoms with Crippen molar-refractivity contribution in [2.24, 2.45) is 5.92 Å². The number of aliphatic hydroxyl groups is 1. The van der Waals surface area contributed by atoms with Crippen molar-refractivity contribution in [3.05, 3.63) is 47.3 Å². The normalized spacial score (nSPS) is 15.0. The van der Waals surface area contributed by atoms with Gasteiger partial charge in [0.15, 0.2) is 5.13 Å². The molecule has 2 aromatic heterocycles. The van der Waals surface area contributed by atoms with Crippen LogP contribution in [0.15, 0.2) is 30.3 Å². The molecule has 0 spiro atoms. The fourth-order valence-corrected chi connectivity index (χ4v) is 4.37. The van der Waals surface area contributed by atoms with Gasteiger partial charge in [-0.25, -0.2) is 9.97 Å². The van der Waals surface area contributed by atoms with Crippen molar-refractivity contribution in [3.63, 3.8) is 0 Å². The summed E-state index contributed by atoms with van der Waals surface area (Å²) < 4.78 is 39.6. The molecule has 0 aliphatic carbocycles. The predicted octanol–water partition coefficient (Wildman–Crippen LogP) is 3.82. The number of nitrogens with one attached hydrogen (secondary N) is 1. The lowest BCUT2D eigenvalue weighted by Crippen LogP contribution is -2.47. The molecule has 1 aromatic carbocycles. The van der Waals surface area contributed by atoms with Crippen molar-refractivity contribution in [1.29, 1.82) is 0 Å². The topological polar surface area (TPSA) is 95.4 Å². The molecule has 0 radical (unpaired) electrons. The molecule has 11 heteroatoms. The number of benzene rings is 1. The Morgan fingerprint density at radius 2 is 1.97 bits per heavy atom. The Kier molecular flexibility index (Phi) is 5.41. The zero-order valence-corrected chi connectivity index (χ0v) is 17.9. The molecule has 1 aliphatic heterocycles. The van der Waals surface area contributed by atoms with Crippen molar-refractivity contribution in [2.45, 2.75) is 25.6 Å². The van der Waals surface area contributed by atoms with E-state index in [1.807, 2.05) is 4.90 Å². The molecule has 32 heavy (non-hydrogen) atoms. The summed E-state index contributed by atoms with van der Waals surface area (Å²) in [5.74, 6) is -0.856. The number of thiazole rings is 1. The summed E-state index contributed by atoms with van der Waals surface area (Å²) in [5, 5.41) is 13.9. The molecule has 1 fully saturated rings. The second kappa shape index (κ2) is 7.82. The van der Waals surface area contributed by atoms with Gasteiger partial charge in [-0.1, -0.05) is 17.4 Å². The van der Waals surface area contributed by atoms with Gasteiger partial charge in [-0.3, -0.25) is 4.79 Å². The van der Waals surface area contributed by atoms with E-state index in [4.69, 9.17) is 0 Å². The highest BCUT2D eigenvalue weighted by molar-refractivity contribution is 7.22. The number of alkyl halides is 3. The molecule has 1 amide bonds. The fraction of sp³-hybridized carbons (Fsp3) is 0.333. The molecule has 1 saturated heterocycles. The van der Waals surface area contributed by atoms with Gasteiger partial charge in [0.2, 0.25) is 0 Å². The van der Waals surface area contributed by atoms with Crippen LogP contribution in [0.2, 0.25) is 0 Å². The lowest BCUT2D eigenvalue weighted by molar-refractivity contribution is -0.141. The van der Waals surface area contributed by atoms with Gasteiger partial charge in [-0.2, -0.15) is 13.2 Å². The van der Waals surface area contributed by atoms with Crippen LogP contribution in [-0.4, -0.2) is 40.4 Å². The Morgan fingerprint density at radius 3 is 2.59 bits per heavy atom. The second-order valence-electron chi connectivity index (χ2n) is 8.08. The number of pyridine rings is 1. The van der Waals surface area contributed by atoms with E-state index in [-0.39, 0.29) is 11.6 Å². The summed E-state index contributed by atoms with van der Waals surface area (Å²) in [4.78, 5) is 33.5. The third-order valence-corrected chi connectivity index (χ3v) is 6.15. The number of hydrogen-bond acceptors (Lipinski definition) is 7. The molecule has 168 valence electrons. The monoisotopic (exact) mass is 464 g/mol. The summed E-state index contributed by atoms with van der Waals surface area (Å²) in [5.41, 5.74) is -1.71. The number of aromatic nitrogens is 2. The van der Waals surface area contributed by atoms with Gasteiger partial charge in [-0.15, -0.1) is 0 Å². The Labute approximate surface area is 184 Å². The molecule has 7 nitrogen and oxygen atoms in total. The molecule has 4 rings (SSSR count). The predicted molar refractivity (Wildman–Crippen MR) is 114 cm³/mol. The van der Waals surface area contributed by atoms with Gasteiger partial charge in [0, 0.05) is 30.3 Å². The second-order valence-corrected chi connectivity index (χ2v) is 9.09. The van der Waals surface area contributed by atoms with Crippen molar-refractivity contribution in [2.75, 3.05) is 23.3 Å². The third kappa shape index (κ3) is 4.30. The Hall–Kier alpha value is -3.05. The molecule has 0 unspecified atom stereocenters. The zero-order valence-electron chi connectivity index (χ0n) is 17.1. The number of aldehydes is 1. The molecular weight excluding hydrogens is 445 g/mol. The number of anilines is 2. The Morgan fingerprint density at radius 1 is 1.25 bits per heavy atom. The largest absolute Gasteiger partial charge is 0.433 e. The van der Waals surface area contributed by atoms with Crippen molar-refractivity contribution in [3.8, 4) is 0 Å². The number of amides is 1. The van der Waals surface area contributed by atoms with Crippen LogP contribution < -0.4 is 10.2 Å². The van der Waals surface area contributed by atoms with Crippen LogP contribution in [0.25, 0.3) is 10.2 Å². The maximum Gasteiger partial charge on any atom is 0.433 e. The average Bonchev–Trinajstić information content (AvgIpc) is 3.07. The van der Waals surface area contributed by atoms with Crippen LogP contribution >= 0.6 is 11.3 Å². The van der Waals surface area contributed by atoms with Gasteiger partial charge in [-0.05, 0) is 38.1 Å². The molecule has 1 aliphatic rings. The Balaban J connectivity index is 1.68. The summed E-state index contributed by atoms with van der Waals surface area (Å²) in [6, 6.07) is 6.35. The maximum atomic E-state index is 12.9. The summed E-state index contributed by atoms with van der Waals surface area (Å²) in [7, 11) is 0. The van der Waals surface area contributed by atoms with Crippen LogP contribution in [0, 0.1) is 5.92 Å². The average molecular weight is 464 g/mol. The quantitative estimate of drug-likeness (QED) is 0.558. The zero-order chi connectivity index (χ0) is 23.3. The fourth-order valence-electron chi connectivity index (χ4n) is 3.37. The van der Waals surface area contributed by atoms with Crippen molar-refractivity contribution >= 4 is 44.6 Å². The molecule has 0 bridgehead atoms. The first kappa shape index (κ1) is 22.2. The highest BCUT2D eigenvalue weighted by Gasteiger charge is 2.33. The summed E-state index contributed by atoms with van der Waals surface area (Å²) in [6.45, 7) is 4.21.